The first-order valence-corrected chi connectivity index (χ1v) is 7.89. The van der Waals surface area contributed by atoms with E-state index < -0.39 is 11.9 Å². The number of carbonyl (C=O) groups excluding carboxylic acids is 1. The number of hydrogen-bond donors (Lipinski definition) is 0. The fourth-order valence-corrected chi connectivity index (χ4v) is 3.13. The van der Waals surface area contributed by atoms with Gasteiger partial charge in [-0.05, 0) is 24.6 Å². The molecular weight excluding hydrogens is 328 g/mol. The van der Waals surface area contributed by atoms with Crippen molar-refractivity contribution in [2.24, 2.45) is 0 Å². The van der Waals surface area contributed by atoms with Crippen LogP contribution in [0.3, 0.4) is 0 Å². The Kier molecular flexibility index (Phi) is 3.63. The largest absolute Gasteiger partial charge is 0.493 e. The van der Waals surface area contributed by atoms with Gasteiger partial charge in [-0.1, -0.05) is 0 Å². The third-order valence-corrected chi connectivity index (χ3v) is 4.21. The molecule has 4 rings (SSSR count). The van der Waals surface area contributed by atoms with Crippen LogP contribution in [0.2, 0.25) is 0 Å². The van der Waals surface area contributed by atoms with Gasteiger partial charge in [-0.2, -0.15) is 0 Å². The summed E-state index contributed by atoms with van der Waals surface area (Å²) in [6.45, 7) is 2.55. The third kappa shape index (κ3) is 2.61. The second-order valence-corrected chi connectivity index (χ2v) is 5.89. The number of ether oxygens (including phenoxy) is 4. The summed E-state index contributed by atoms with van der Waals surface area (Å²) in [6.07, 6.45) is 0.0577. The number of carbonyl (C=O) groups is 1. The maximum Gasteiger partial charge on any atom is 0.312 e. The Morgan fingerprint density at radius 1 is 1.08 bits per heavy atom. The maximum absolute atomic E-state index is 12.2. The average molecular weight is 344 g/mol. The summed E-state index contributed by atoms with van der Waals surface area (Å²) in [4.78, 5) is 24.2. The molecule has 0 saturated carbocycles. The Bertz CT molecular complexity index is 895. The van der Waals surface area contributed by atoms with Crippen LogP contribution in [0.1, 0.15) is 29.4 Å². The van der Waals surface area contributed by atoms with Gasteiger partial charge < -0.3 is 23.4 Å². The van der Waals surface area contributed by atoms with E-state index in [0.29, 0.717) is 42.0 Å². The van der Waals surface area contributed by atoms with Gasteiger partial charge in [0.2, 0.25) is 16.9 Å². The Labute approximate surface area is 143 Å². The minimum Gasteiger partial charge on any atom is -0.493 e. The first kappa shape index (κ1) is 15.6. The zero-order valence-electron chi connectivity index (χ0n) is 13.8. The molecule has 0 saturated heterocycles. The van der Waals surface area contributed by atoms with E-state index in [0.717, 1.165) is 5.56 Å². The summed E-state index contributed by atoms with van der Waals surface area (Å²) in [7, 11) is 1.53. The molecule has 3 heterocycles. The lowest BCUT2D eigenvalue weighted by Crippen LogP contribution is -2.26. The summed E-state index contributed by atoms with van der Waals surface area (Å²) in [5.74, 6) is 1.36. The highest BCUT2D eigenvalue weighted by Crippen LogP contribution is 2.45. The number of rotatable bonds is 2. The van der Waals surface area contributed by atoms with Crippen molar-refractivity contribution in [3.8, 4) is 23.0 Å². The van der Waals surface area contributed by atoms with Crippen LogP contribution >= 0.6 is 0 Å². The Balaban J connectivity index is 1.88. The van der Waals surface area contributed by atoms with Gasteiger partial charge in [-0.15, -0.1) is 0 Å². The van der Waals surface area contributed by atoms with E-state index in [1.165, 1.54) is 13.2 Å². The Morgan fingerprint density at radius 3 is 2.68 bits per heavy atom. The van der Waals surface area contributed by atoms with Crippen molar-refractivity contribution in [3.63, 3.8) is 0 Å². The van der Waals surface area contributed by atoms with Crippen LogP contribution in [0.25, 0.3) is 0 Å². The quantitative estimate of drug-likeness (QED) is 0.772. The molecule has 1 atom stereocenters. The zero-order valence-corrected chi connectivity index (χ0v) is 13.8. The summed E-state index contributed by atoms with van der Waals surface area (Å²) in [5, 5.41) is 0. The van der Waals surface area contributed by atoms with Gasteiger partial charge >= 0.3 is 5.97 Å². The Morgan fingerprint density at radius 2 is 1.88 bits per heavy atom. The standard InChI is InChI=1S/C18H16O7/c1-9-5-12(19)17-16(24-9)11(8-15(20)25-17)10-6-13(21-2)18-14(7-10)22-3-4-23-18/h5-7,11H,3-4,8H2,1-2H3. The normalized spacial score (nSPS) is 18.3. The summed E-state index contributed by atoms with van der Waals surface area (Å²) in [5.41, 5.74) is 0.356. The van der Waals surface area contributed by atoms with Crippen molar-refractivity contribution in [2.75, 3.05) is 20.3 Å². The van der Waals surface area contributed by atoms with E-state index in [1.807, 2.05) is 0 Å². The van der Waals surface area contributed by atoms with Crippen molar-refractivity contribution in [1.29, 1.82) is 0 Å². The predicted octanol–water partition coefficient (Wildman–Crippen LogP) is 2.17. The highest BCUT2D eigenvalue weighted by Gasteiger charge is 2.34. The van der Waals surface area contributed by atoms with Gasteiger partial charge in [-0.25, -0.2) is 0 Å². The van der Waals surface area contributed by atoms with Gasteiger partial charge in [0.1, 0.15) is 19.0 Å². The molecule has 2 aliphatic rings. The molecule has 2 aliphatic heterocycles. The molecular formula is C18H16O7. The molecule has 0 aliphatic carbocycles. The van der Waals surface area contributed by atoms with Gasteiger partial charge in [0.05, 0.1) is 19.4 Å². The van der Waals surface area contributed by atoms with E-state index in [1.54, 1.807) is 19.1 Å². The lowest BCUT2D eigenvalue weighted by atomic mass is 9.90. The maximum atomic E-state index is 12.2. The number of aryl methyl sites for hydroxylation is 1. The second-order valence-electron chi connectivity index (χ2n) is 5.89. The van der Waals surface area contributed by atoms with Crippen LogP contribution < -0.4 is 24.4 Å². The van der Waals surface area contributed by atoms with E-state index in [9.17, 15) is 9.59 Å². The van der Waals surface area contributed by atoms with E-state index in [4.69, 9.17) is 23.4 Å². The predicted molar refractivity (Wildman–Crippen MR) is 85.8 cm³/mol. The van der Waals surface area contributed by atoms with Crippen molar-refractivity contribution in [2.45, 2.75) is 19.3 Å². The average Bonchev–Trinajstić information content (AvgIpc) is 2.61. The molecule has 0 amide bonds. The molecule has 1 unspecified atom stereocenters. The van der Waals surface area contributed by atoms with Gasteiger partial charge in [0.25, 0.3) is 0 Å². The number of methoxy groups -OCH3 is 1. The van der Waals surface area contributed by atoms with Crippen LogP contribution in [0.5, 0.6) is 23.0 Å². The fourth-order valence-electron chi connectivity index (χ4n) is 3.13. The molecule has 7 heteroatoms. The summed E-state index contributed by atoms with van der Waals surface area (Å²) in [6, 6.07) is 4.86. The second kappa shape index (κ2) is 5.84. The summed E-state index contributed by atoms with van der Waals surface area (Å²) >= 11 is 0. The summed E-state index contributed by atoms with van der Waals surface area (Å²) < 4.78 is 27.5. The van der Waals surface area contributed by atoms with Crippen molar-refractivity contribution < 1.29 is 28.2 Å². The molecule has 7 nitrogen and oxygen atoms in total. The number of fused-ring (bicyclic) bond motifs is 2. The first-order chi connectivity index (χ1) is 12.1. The molecule has 1 aromatic heterocycles. The van der Waals surface area contributed by atoms with E-state index in [2.05, 4.69) is 0 Å². The molecule has 0 N–H and O–H groups in total. The minimum absolute atomic E-state index is 0.0549. The highest BCUT2D eigenvalue weighted by molar-refractivity contribution is 5.77. The SMILES string of the molecule is COc1cc(C2CC(=O)Oc3c2oc(C)cc3=O)cc2c1OCCO2. The van der Waals surface area contributed by atoms with Crippen LogP contribution in [0, 0.1) is 6.92 Å². The van der Waals surface area contributed by atoms with Crippen molar-refractivity contribution >= 4 is 5.97 Å². The number of benzene rings is 1. The van der Waals surface area contributed by atoms with Crippen LogP contribution in [0.4, 0.5) is 0 Å². The van der Waals surface area contributed by atoms with Gasteiger partial charge in [-0.3, -0.25) is 9.59 Å². The van der Waals surface area contributed by atoms with Gasteiger partial charge in [0, 0.05) is 6.07 Å². The van der Waals surface area contributed by atoms with E-state index in [-0.39, 0.29) is 17.6 Å². The van der Waals surface area contributed by atoms with Gasteiger partial charge in [0.15, 0.2) is 17.3 Å². The molecule has 25 heavy (non-hydrogen) atoms. The molecule has 0 bridgehead atoms. The van der Waals surface area contributed by atoms with Crippen LogP contribution in [-0.4, -0.2) is 26.3 Å². The monoisotopic (exact) mass is 344 g/mol. The lowest BCUT2D eigenvalue weighted by molar-refractivity contribution is -0.136. The van der Waals surface area contributed by atoms with Crippen LogP contribution in [-0.2, 0) is 4.79 Å². The molecule has 0 spiro atoms. The zero-order chi connectivity index (χ0) is 17.6. The lowest BCUT2D eigenvalue weighted by Gasteiger charge is -2.26. The van der Waals surface area contributed by atoms with Crippen LogP contribution in [0.15, 0.2) is 27.4 Å². The molecule has 1 aromatic carbocycles. The molecule has 0 fully saturated rings. The Hall–Kier alpha value is -2.96. The fraction of sp³-hybridized carbons (Fsp3) is 0.333. The topological polar surface area (TPSA) is 84.2 Å². The highest BCUT2D eigenvalue weighted by atomic mass is 16.6. The smallest absolute Gasteiger partial charge is 0.312 e. The molecule has 130 valence electrons. The molecule has 0 radical (unpaired) electrons. The van der Waals surface area contributed by atoms with Crippen molar-refractivity contribution in [1.82, 2.24) is 0 Å². The molecule has 2 aromatic rings. The minimum atomic E-state index is -0.484. The van der Waals surface area contributed by atoms with Crippen molar-refractivity contribution in [3.05, 3.63) is 45.5 Å². The number of hydrogen-bond acceptors (Lipinski definition) is 7. The number of esters is 1. The first-order valence-electron chi connectivity index (χ1n) is 7.89. The van der Waals surface area contributed by atoms with E-state index >= 15 is 0 Å². The third-order valence-electron chi connectivity index (χ3n) is 4.21.